The summed E-state index contributed by atoms with van der Waals surface area (Å²) < 4.78 is 5.25. The molecule has 1 aliphatic heterocycles. The van der Waals surface area contributed by atoms with E-state index in [0.717, 1.165) is 12.2 Å². The molecule has 0 bridgehead atoms. The number of rotatable bonds is 2. The lowest BCUT2D eigenvalue weighted by Gasteiger charge is -2.37. The van der Waals surface area contributed by atoms with Gasteiger partial charge in [0.05, 0.1) is 17.6 Å². The van der Waals surface area contributed by atoms with Gasteiger partial charge in [-0.15, -0.1) is 0 Å². The van der Waals surface area contributed by atoms with E-state index >= 15 is 0 Å². The van der Waals surface area contributed by atoms with Crippen LogP contribution in [-0.2, 0) is 0 Å². The largest absolute Gasteiger partial charge is 0.459 e. The first-order valence-corrected chi connectivity index (χ1v) is 7.05. The van der Waals surface area contributed by atoms with Gasteiger partial charge in [-0.3, -0.25) is 4.79 Å². The third kappa shape index (κ3) is 1.80. The molecule has 1 aliphatic carbocycles. The molecule has 20 heavy (non-hydrogen) atoms. The van der Waals surface area contributed by atoms with Gasteiger partial charge in [0.1, 0.15) is 0 Å². The molecule has 102 valence electrons. The highest BCUT2D eigenvalue weighted by Gasteiger charge is 2.35. The van der Waals surface area contributed by atoms with Crippen LogP contribution in [0.5, 0.6) is 0 Å². The smallest absolute Gasteiger partial charge is 0.294 e. The molecule has 1 fully saturated rings. The Morgan fingerprint density at radius 1 is 1.05 bits per heavy atom. The normalized spacial score (nSPS) is 18.0. The van der Waals surface area contributed by atoms with Crippen molar-refractivity contribution >= 4 is 17.3 Å². The molecule has 1 amide bonds. The lowest BCUT2D eigenvalue weighted by molar-refractivity contribution is 0.0960. The minimum absolute atomic E-state index is 0.0575. The van der Waals surface area contributed by atoms with Crippen molar-refractivity contribution in [3.05, 3.63) is 48.4 Å². The summed E-state index contributed by atoms with van der Waals surface area (Å²) in [5.41, 5.74) is 2.16. The molecule has 0 atom stereocenters. The number of carbonyl (C=O) groups is 1. The molecule has 2 heterocycles. The fraction of sp³-hybridized carbons (Fsp3) is 0.312. The predicted octanol–water partition coefficient (Wildman–Crippen LogP) is 2.91. The highest BCUT2D eigenvalue weighted by molar-refractivity contribution is 6.06. The average molecular weight is 268 g/mol. The van der Waals surface area contributed by atoms with E-state index in [-0.39, 0.29) is 5.91 Å². The maximum Gasteiger partial charge on any atom is 0.294 e. The van der Waals surface area contributed by atoms with Crippen LogP contribution >= 0.6 is 0 Å². The second-order valence-electron chi connectivity index (χ2n) is 5.35. The lowest BCUT2D eigenvalue weighted by Crippen LogP contribution is -2.44. The van der Waals surface area contributed by atoms with Gasteiger partial charge in [-0.2, -0.15) is 0 Å². The number of nitrogens with zero attached hydrogens (tertiary/aromatic N) is 2. The van der Waals surface area contributed by atoms with E-state index in [4.69, 9.17) is 4.42 Å². The quantitative estimate of drug-likeness (QED) is 0.840. The molecule has 4 nitrogen and oxygen atoms in total. The first kappa shape index (κ1) is 11.6. The van der Waals surface area contributed by atoms with Gasteiger partial charge < -0.3 is 14.2 Å². The minimum atomic E-state index is -0.0575. The van der Waals surface area contributed by atoms with E-state index in [1.54, 1.807) is 18.4 Å². The molecule has 0 spiro atoms. The molecule has 2 aromatic rings. The zero-order valence-electron chi connectivity index (χ0n) is 11.2. The maximum absolute atomic E-state index is 12.5. The number of amides is 1. The van der Waals surface area contributed by atoms with E-state index in [0.29, 0.717) is 18.3 Å². The summed E-state index contributed by atoms with van der Waals surface area (Å²) >= 11 is 0. The second kappa shape index (κ2) is 4.40. The van der Waals surface area contributed by atoms with Gasteiger partial charge in [-0.05, 0) is 37.1 Å². The summed E-state index contributed by atoms with van der Waals surface area (Å²) in [6.07, 6.45) is 4.07. The van der Waals surface area contributed by atoms with Gasteiger partial charge in [-0.1, -0.05) is 12.1 Å². The number of carbonyl (C=O) groups excluding carboxylic acids is 1. The maximum atomic E-state index is 12.5. The predicted molar refractivity (Wildman–Crippen MR) is 77.2 cm³/mol. The third-order valence-electron chi connectivity index (χ3n) is 4.01. The van der Waals surface area contributed by atoms with Gasteiger partial charge in [0.15, 0.2) is 5.76 Å². The molecule has 2 aliphatic rings. The Bertz CT molecular complexity index is 632. The first-order valence-electron chi connectivity index (χ1n) is 7.05. The Morgan fingerprint density at radius 3 is 2.55 bits per heavy atom. The number of hydrogen-bond donors (Lipinski definition) is 0. The van der Waals surface area contributed by atoms with Crippen molar-refractivity contribution in [2.24, 2.45) is 0 Å². The number of furan rings is 1. The number of fused-ring (bicyclic) bond motifs is 1. The molecule has 1 saturated carbocycles. The fourth-order valence-corrected chi connectivity index (χ4v) is 2.89. The van der Waals surface area contributed by atoms with Crippen LogP contribution in [0.25, 0.3) is 0 Å². The second-order valence-corrected chi connectivity index (χ2v) is 5.35. The van der Waals surface area contributed by atoms with Crippen molar-refractivity contribution in [1.29, 1.82) is 0 Å². The Balaban J connectivity index is 1.72. The molecule has 1 aromatic heterocycles. The Kier molecular flexibility index (Phi) is 2.55. The molecular formula is C16H16N2O2. The van der Waals surface area contributed by atoms with E-state index in [9.17, 15) is 4.79 Å². The van der Waals surface area contributed by atoms with E-state index in [1.807, 2.05) is 23.1 Å². The fourth-order valence-electron chi connectivity index (χ4n) is 2.89. The summed E-state index contributed by atoms with van der Waals surface area (Å²) in [6, 6.07) is 12.3. The van der Waals surface area contributed by atoms with Crippen LogP contribution in [0.15, 0.2) is 47.1 Å². The lowest BCUT2D eigenvalue weighted by atomic mass is 10.1. The van der Waals surface area contributed by atoms with Crippen molar-refractivity contribution in [3.8, 4) is 0 Å². The van der Waals surface area contributed by atoms with Gasteiger partial charge in [0, 0.05) is 19.1 Å². The summed E-state index contributed by atoms with van der Waals surface area (Å²) in [4.78, 5) is 16.8. The van der Waals surface area contributed by atoms with Gasteiger partial charge in [0.25, 0.3) is 5.91 Å². The van der Waals surface area contributed by atoms with Crippen molar-refractivity contribution in [2.75, 3.05) is 22.9 Å². The summed E-state index contributed by atoms with van der Waals surface area (Å²) in [6.45, 7) is 1.61. The van der Waals surface area contributed by atoms with E-state index in [1.165, 1.54) is 18.5 Å². The van der Waals surface area contributed by atoms with Crippen molar-refractivity contribution in [1.82, 2.24) is 0 Å². The van der Waals surface area contributed by atoms with Crippen molar-refractivity contribution in [3.63, 3.8) is 0 Å². The zero-order valence-corrected chi connectivity index (χ0v) is 11.2. The Labute approximate surface area is 117 Å². The molecule has 4 heteroatoms. The molecule has 1 aromatic carbocycles. The van der Waals surface area contributed by atoms with Crippen LogP contribution in [-0.4, -0.2) is 25.0 Å². The number of hydrogen-bond acceptors (Lipinski definition) is 3. The van der Waals surface area contributed by atoms with Crippen LogP contribution in [0.3, 0.4) is 0 Å². The van der Waals surface area contributed by atoms with Crippen LogP contribution < -0.4 is 9.80 Å². The van der Waals surface area contributed by atoms with Crippen molar-refractivity contribution < 1.29 is 9.21 Å². The molecular weight excluding hydrogens is 252 g/mol. The van der Waals surface area contributed by atoms with Crippen LogP contribution in [0.1, 0.15) is 23.4 Å². The molecule has 0 saturated heterocycles. The summed E-state index contributed by atoms with van der Waals surface area (Å²) in [7, 11) is 0. The van der Waals surface area contributed by atoms with Gasteiger partial charge in [0.2, 0.25) is 0 Å². The molecule has 4 rings (SSSR count). The SMILES string of the molecule is O=C(c1ccco1)N1CCN(C2CC2)c2ccccc21. The summed E-state index contributed by atoms with van der Waals surface area (Å²) in [5, 5.41) is 0. The standard InChI is InChI=1S/C16H16N2O2/c19-16(15-6-3-11-20-15)18-10-9-17(12-7-8-12)13-4-1-2-5-14(13)18/h1-6,11-12H,7-10H2. The Hall–Kier alpha value is -2.23. The van der Waals surface area contributed by atoms with Crippen molar-refractivity contribution in [2.45, 2.75) is 18.9 Å². The highest BCUT2D eigenvalue weighted by atomic mass is 16.3. The van der Waals surface area contributed by atoms with Crippen LogP contribution in [0.4, 0.5) is 11.4 Å². The van der Waals surface area contributed by atoms with Gasteiger partial charge >= 0.3 is 0 Å². The third-order valence-corrected chi connectivity index (χ3v) is 4.01. The van der Waals surface area contributed by atoms with Crippen LogP contribution in [0, 0.1) is 0 Å². The first-order chi connectivity index (χ1) is 9.84. The molecule has 0 unspecified atom stereocenters. The topological polar surface area (TPSA) is 36.7 Å². The van der Waals surface area contributed by atoms with E-state index < -0.39 is 0 Å². The minimum Gasteiger partial charge on any atom is -0.459 e. The summed E-state index contributed by atoms with van der Waals surface area (Å²) in [5.74, 6) is 0.345. The zero-order chi connectivity index (χ0) is 13.5. The number of para-hydroxylation sites is 2. The Morgan fingerprint density at radius 2 is 1.85 bits per heavy atom. The molecule has 0 N–H and O–H groups in total. The highest BCUT2D eigenvalue weighted by Crippen LogP contribution is 2.40. The monoisotopic (exact) mass is 268 g/mol. The number of benzene rings is 1. The van der Waals surface area contributed by atoms with Gasteiger partial charge in [-0.25, -0.2) is 0 Å². The average Bonchev–Trinajstić information content (AvgIpc) is 3.19. The molecule has 0 radical (unpaired) electrons. The van der Waals surface area contributed by atoms with E-state index in [2.05, 4.69) is 11.0 Å². The number of anilines is 2. The van der Waals surface area contributed by atoms with Crippen LogP contribution in [0.2, 0.25) is 0 Å².